The van der Waals surface area contributed by atoms with E-state index in [4.69, 9.17) is 11.6 Å². The zero-order valence-corrected chi connectivity index (χ0v) is 11.9. The fourth-order valence-corrected chi connectivity index (χ4v) is 3.00. The maximum Gasteiger partial charge on any atom is 0.0305 e. The highest BCUT2D eigenvalue weighted by Crippen LogP contribution is 2.11. The number of unbranched alkanes of at least 4 members (excludes halogenated alkanes) is 7. The summed E-state index contributed by atoms with van der Waals surface area (Å²) in [6.07, 6.45) is 11.2. The SMILES string of the molecule is C[SiH](C)CCCCCCCCCCCl. The minimum absolute atomic E-state index is 0.260. The van der Waals surface area contributed by atoms with Gasteiger partial charge in [0.05, 0.1) is 0 Å². The summed E-state index contributed by atoms with van der Waals surface area (Å²) in [4.78, 5) is 0. The Balaban J connectivity index is 2.85. The highest BCUT2D eigenvalue weighted by atomic mass is 35.5. The Morgan fingerprint density at radius 1 is 0.714 bits per heavy atom. The minimum atomic E-state index is -0.260. The van der Waals surface area contributed by atoms with Gasteiger partial charge in [0, 0.05) is 14.7 Å². The minimum Gasteiger partial charge on any atom is -0.127 e. The van der Waals surface area contributed by atoms with Crippen LogP contribution in [0.5, 0.6) is 0 Å². The maximum atomic E-state index is 5.62. The van der Waals surface area contributed by atoms with Crippen LogP contribution in [0, 0.1) is 0 Å². The van der Waals surface area contributed by atoms with Crippen LogP contribution in [-0.2, 0) is 0 Å². The molecule has 0 radical (unpaired) electrons. The van der Waals surface area contributed by atoms with Crippen molar-refractivity contribution in [3.63, 3.8) is 0 Å². The summed E-state index contributed by atoms with van der Waals surface area (Å²) < 4.78 is 0. The van der Waals surface area contributed by atoms with E-state index in [9.17, 15) is 0 Å². The first-order valence-electron chi connectivity index (χ1n) is 6.33. The zero-order chi connectivity index (χ0) is 10.6. The largest absolute Gasteiger partial charge is 0.127 e. The van der Waals surface area contributed by atoms with Crippen molar-refractivity contribution < 1.29 is 0 Å². The number of alkyl halides is 1. The van der Waals surface area contributed by atoms with E-state index >= 15 is 0 Å². The third-order valence-corrected chi connectivity index (χ3v) is 4.50. The Bertz CT molecular complexity index is 104. The van der Waals surface area contributed by atoms with Gasteiger partial charge < -0.3 is 0 Å². The van der Waals surface area contributed by atoms with Crippen LogP contribution in [0.1, 0.15) is 51.4 Å². The molecule has 0 amide bonds. The predicted molar refractivity (Wildman–Crippen MR) is 71.3 cm³/mol. The van der Waals surface area contributed by atoms with Crippen LogP contribution in [0.25, 0.3) is 0 Å². The van der Waals surface area contributed by atoms with Crippen molar-refractivity contribution in [2.24, 2.45) is 0 Å². The van der Waals surface area contributed by atoms with Gasteiger partial charge in [-0.15, -0.1) is 11.6 Å². The highest BCUT2D eigenvalue weighted by Gasteiger charge is 1.95. The van der Waals surface area contributed by atoms with E-state index in [0.717, 1.165) is 5.88 Å². The monoisotopic (exact) mass is 234 g/mol. The molecule has 0 saturated carbocycles. The third kappa shape index (κ3) is 12.5. The van der Waals surface area contributed by atoms with Crippen molar-refractivity contribution in [1.29, 1.82) is 0 Å². The molecule has 0 aliphatic rings. The first-order valence-corrected chi connectivity index (χ1v) is 9.99. The fraction of sp³-hybridized carbons (Fsp3) is 1.00. The van der Waals surface area contributed by atoms with Crippen molar-refractivity contribution in [3.05, 3.63) is 0 Å². The van der Waals surface area contributed by atoms with Crippen molar-refractivity contribution in [3.8, 4) is 0 Å². The van der Waals surface area contributed by atoms with Crippen molar-refractivity contribution >= 4 is 20.4 Å². The fourth-order valence-electron chi connectivity index (χ4n) is 1.71. The lowest BCUT2D eigenvalue weighted by molar-refractivity contribution is 0.585. The molecule has 0 N–H and O–H groups in total. The second-order valence-corrected chi connectivity index (χ2v) is 8.44. The average molecular weight is 235 g/mol. The number of hydrogen-bond donors (Lipinski definition) is 0. The van der Waals surface area contributed by atoms with Gasteiger partial charge in [-0.05, 0) is 6.42 Å². The second kappa shape index (κ2) is 11.6. The first kappa shape index (κ1) is 14.5. The van der Waals surface area contributed by atoms with Gasteiger partial charge in [0.25, 0.3) is 0 Å². The molecule has 0 aromatic rings. The Labute approximate surface area is 97.0 Å². The van der Waals surface area contributed by atoms with Crippen molar-refractivity contribution in [2.45, 2.75) is 70.5 Å². The Morgan fingerprint density at radius 3 is 1.57 bits per heavy atom. The summed E-state index contributed by atoms with van der Waals surface area (Å²) in [6.45, 7) is 4.90. The number of rotatable bonds is 10. The molecule has 0 heterocycles. The molecule has 0 bridgehead atoms. The smallest absolute Gasteiger partial charge is 0.0305 e. The third-order valence-electron chi connectivity index (χ3n) is 2.67. The predicted octanol–water partition coefficient (Wildman–Crippen LogP) is 4.83. The van der Waals surface area contributed by atoms with E-state index in [-0.39, 0.29) is 8.80 Å². The van der Waals surface area contributed by atoms with Crippen LogP contribution in [0.4, 0.5) is 0 Å². The lowest BCUT2D eigenvalue weighted by Gasteiger charge is -2.03. The van der Waals surface area contributed by atoms with E-state index in [1.54, 1.807) is 6.04 Å². The van der Waals surface area contributed by atoms with E-state index in [0.29, 0.717) is 0 Å². The zero-order valence-electron chi connectivity index (χ0n) is 10.0. The summed E-state index contributed by atoms with van der Waals surface area (Å²) in [5.74, 6) is 0.846. The topological polar surface area (TPSA) is 0 Å². The van der Waals surface area contributed by atoms with Gasteiger partial charge in [-0.3, -0.25) is 0 Å². The molecule has 0 aromatic heterocycles. The highest BCUT2D eigenvalue weighted by molar-refractivity contribution is 6.55. The quantitative estimate of drug-likeness (QED) is 0.289. The van der Waals surface area contributed by atoms with Crippen molar-refractivity contribution in [1.82, 2.24) is 0 Å². The van der Waals surface area contributed by atoms with E-state index in [2.05, 4.69) is 13.1 Å². The number of halogens is 1. The molecule has 2 heteroatoms. The van der Waals surface area contributed by atoms with Crippen LogP contribution in [0.2, 0.25) is 19.1 Å². The lowest BCUT2D eigenvalue weighted by atomic mass is 10.1. The van der Waals surface area contributed by atoms with Crippen LogP contribution >= 0.6 is 11.6 Å². The molecule has 0 saturated heterocycles. The molecular formula is C12H27ClSi. The molecule has 0 rings (SSSR count). The summed E-state index contributed by atoms with van der Waals surface area (Å²) in [5, 5.41) is 0. The van der Waals surface area contributed by atoms with Gasteiger partial charge in [0.15, 0.2) is 0 Å². The van der Waals surface area contributed by atoms with Gasteiger partial charge in [0.2, 0.25) is 0 Å². The summed E-state index contributed by atoms with van der Waals surface area (Å²) in [5.41, 5.74) is 0. The molecular weight excluding hydrogens is 208 g/mol. The van der Waals surface area contributed by atoms with Gasteiger partial charge >= 0.3 is 0 Å². The molecule has 14 heavy (non-hydrogen) atoms. The van der Waals surface area contributed by atoms with Crippen LogP contribution in [0.3, 0.4) is 0 Å². The standard InChI is InChI=1S/C12H27ClSi/c1-14(2)12-10-8-6-4-3-5-7-9-11-13/h14H,3-12H2,1-2H3. The van der Waals surface area contributed by atoms with Gasteiger partial charge in [-0.2, -0.15) is 0 Å². The van der Waals surface area contributed by atoms with Crippen molar-refractivity contribution in [2.75, 3.05) is 5.88 Å². The molecule has 0 aromatic carbocycles. The van der Waals surface area contributed by atoms with Gasteiger partial charge in [-0.1, -0.05) is 64.1 Å². The molecule has 0 unspecified atom stereocenters. The molecule has 0 aliphatic heterocycles. The molecule has 0 atom stereocenters. The van der Waals surface area contributed by atoms with E-state index in [1.807, 2.05) is 0 Å². The van der Waals surface area contributed by atoms with Gasteiger partial charge in [-0.25, -0.2) is 0 Å². The molecule has 0 nitrogen and oxygen atoms in total. The van der Waals surface area contributed by atoms with Crippen LogP contribution < -0.4 is 0 Å². The van der Waals surface area contributed by atoms with Crippen LogP contribution in [0.15, 0.2) is 0 Å². The normalized spacial score (nSPS) is 11.1. The summed E-state index contributed by atoms with van der Waals surface area (Å²) in [6, 6.07) is 1.55. The first-order chi connectivity index (χ1) is 6.77. The Morgan fingerprint density at radius 2 is 1.14 bits per heavy atom. The summed E-state index contributed by atoms with van der Waals surface area (Å²) in [7, 11) is -0.260. The van der Waals surface area contributed by atoms with E-state index in [1.165, 1.54) is 51.4 Å². The maximum absolute atomic E-state index is 5.62. The second-order valence-electron chi connectivity index (χ2n) is 4.70. The van der Waals surface area contributed by atoms with E-state index < -0.39 is 0 Å². The molecule has 0 fully saturated rings. The molecule has 0 spiro atoms. The molecule has 86 valence electrons. The Hall–Kier alpha value is 0.507. The number of hydrogen-bond acceptors (Lipinski definition) is 0. The van der Waals surface area contributed by atoms with Gasteiger partial charge in [0.1, 0.15) is 0 Å². The summed E-state index contributed by atoms with van der Waals surface area (Å²) >= 11 is 5.62. The Kier molecular flexibility index (Phi) is 12.0. The average Bonchev–Trinajstić information content (AvgIpc) is 2.15. The molecule has 0 aliphatic carbocycles. The lowest BCUT2D eigenvalue weighted by Crippen LogP contribution is -1.97. The van der Waals surface area contributed by atoms with Crippen LogP contribution in [-0.4, -0.2) is 14.7 Å².